The first-order valence-corrected chi connectivity index (χ1v) is 29.2. The van der Waals surface area contributed by atoms with Gasteiger partial charge in [0.15, 0.2) is 0 Å². The Kier molecular flexibility index (Phi) is 17.4. The molecule has 0 N–H and O–H groups in total. The summed E-state index contributed by atoms with van der Waals surface area (Å²) in [5, 5.41) is 32.9. The number of aryl methyl sites for hydroxylation is 8. The molecule has 0 aliphatic heterocycles. The molecule has 0 unspecified atom stereocenters. The molecule has 0 atom stereocenters. The zero-order chi connectivity index (χ0) is 47.5. The number of benzene rings is 8. The van der Waals surface area contributed by atoms with Crippen LogP contribution in [0.15, 0.2) is 170 Å². The van der Waals surface area contributed by atoms with E-state index in [-0.39, 0.29) is 16.9 Å². The van der Waals surface area contributed by atoms with Gasteiger partial charge in [0.05, 0.1) is 0 Å². The Morgan fingerprint density at radius 1 is 0.409 bits per heavy atom. The molecule has 4 heteroatoms. The van der Waals surface area contributed by atoms with Gasteiger partial charge in [0, 0.05) is 0 Å². The van der Waals surface area contributed by atoms with Crippen LogP contribution in [0.3, 0.4) is 0 Å². The number of hydrogen-bond acceptors (Lipinski definition) is 2. The molecule has 0 bridgehead atoms. The molecule has 2 nitrogen and oxygen atoms in total. The van der Waals surface area contributed by atoms with Crippen LogP contribution in [-0.2, 0) is 36.2 Å². The van der Waals surface area contributed by atoms with Gasteiger partial charge in [-0.3, -0.25) is 0 Å². The molecule has 0 aliphatic carbocycles. The minimum atomic E-state index is 0.172. The third-order valence-electron chi connectivity index (χ3n) is 11.8. The van der Waals surface area contributed by atoms with Gasteiger partial charge in [-0.15, -0.1) is 80.6 Å². The van der Waals surface area contributed by atoms with Crippen molar-refractivity contribution in [1.82, 2.24) is 0 Å². The maximum absolute atomic E-state index is 11.1. The molecule has 10 aromatic rings. The molecule has 66 heavy (non-hydrogen) atoms. The fraction of sp³-hybridized carbons (Fsp3) is 0.194. The summed E-state index contributed by atoms with van der Waals surface area (Å²) < 4.78 is 0. The van der Waals surface area contributed by atoms with Crippen LogP contribution in [0.4, 0.5) is 0 Å². The molecule has 0 aromatic heterocycles. The molecule has 332 valence electrons. The first kappa shape index (κ1) is 49.6. The van der Waals surface area contributed by atoms with Crippen molar-refractivity contribution in [1.29, 1.82) is 0 Å². The third-order valence-corrected chi connectivity index (χ3v) is 11.8. The molecule has 10 rings (SSSR count). The van der Waals surface area contributed by atoms with Crippen molar-refractivity contribution in [3.05, 3.63) is 214 Å². The quantitative estimate of drug-likeness (QED) is 0.130. The molecule has 0 saturated carbocycles. The molecule has 0 radical (unpaired) electrons. The minimum absolute atomic E-state index is 0.172. The largest absolute Gasteiger partial charge is 0.872 e. The first-order chi connectivity index (χ1) is 31.7. The van der Waals surface area contributed by atoms with Crippen molar-refractivity contribution < 1.29 is 33.5 Å². The summed E-state index contributed by atoms with van der Waals surface area (Å²) >= 11 is 1.74. The molecule has 0 heterocycles. The summed E-state index contributed by atoms with van der Waals surface area (Å²) in [4.78, 5) is 0. The van der Waals surface area contributed by atoms with Gasteiger partial charge in [0.25, 0.3) is 0 Å². The van der Waals surface area contributed by atoms with Crippen LogP contribution in [0.5, 0.6) is 11.5 Å². The smallest absolute Gasteiger partial charge is 0.0398 e. The van der Waals surface area contributed by atoms with Gasteiger partial charge in [-0.05, 0) is 87.1 Å². The van der Waals surface area contributed by atoms with E-state index in [0.717, 1.165) is 46.2 Å². The van der Waals surface area contributed by atoms with E-state index in [9.17, 15) is 10.2 Å². The second-order valence-electron chi connectivity index (χ2n) is 17.6. The van der Waals surface area contributed by atoms with E-state index in [2.05, 4.69) is 173 Å². The van der Waals surface area contributed by atoms with Crippen LogP contribution in [0.2, 0.25) is 13.1 Å². The monoisotopic (exact) mass is 956 g/mol. The summed E-state index contributed by atoms with van der Waals surface area (Å²) in [6, 6.07) is 60.6. The van der Waals surface area contributed by atoms with E-state index >= 15 is 0 Å². The van der Waals surface area contributed by atoms with E-state index in [0.29, 0.717) is 0 Å². The zero-order valence-electron chi connectivity index (χ0n) is 40.4. The van der Waals surface area contributed by atoms with Crippen LogP contribution in [0.25, 0.3) is 65.3 Å². The summed E-state index contributed by atoms with van der Waals surface area (Å²) in [6.45, 7) is 20.4. The Morgan fingerprint density at radius 2 is 0.697 bits per heavy atom. The molecule has 0 fully saturated rings. The van der Waals surface area contributed by atoms with Crippen LogP contribution in [0, 0.1) is 41.5 Å². The Labute approximate surface area is 408 Å². The Bertz CT molecular complexity index is 2980. The fourth-order valence-electron chi connectivity index (χ4n) is 8.73. The predicted octanol–water partition coefficient (Wildman–Crippen LogP) is 16.0. The van der Waals surface area contributed by atoms with Gasteiger partial charge in [0.1, 0.15) is 0 Å². The molecule has 0 spiro atoms. The molecular formula is C62H62O2SiZr-2. The maximum Gasteiger partial charge on any atom is -0.0398 e. The SMILES string of the molecule is CCc1cc2c(-c3cccc4ccccc34)cccc2[cH-]1.CCc1cc2c(-c3cccc4ccccc34)cccc2[cH-]1.C[Si](C)=[Zr+2].Cc1cc(C)c([O-])c(C)c1.Cc1cc(C)c([O-])c(C)c1. The summed E-state index contributed by atoms with van der Waals surface area (Å²) in [6.07, 6.45) is 2.17. The van der Waals surface area contributed by atoms with E-state index in [1.54, 1.807) is 23.3 Å². The van der Waals surface area contributed by atoms with Gasteiger partial charge >= 0.3 is 41.9 Å². The van der Waals surface area contributed by atoms with Crippen molar-refractivity contribution in [3.63, 3.8) is 0 Å². The number of hydrogen-bond donors (Lipinski definition) is 0. The standard InChI is InChI=1S/2C21H17.2C9H12O.C2H6Si.Zr/c2*1-2-15-13-17-9-6-12-20(21(17)14-15)19-11-5-8-16-7-3-4-10-18(16)19;2*1-6-4-7(2)9(10)8(3)5-6;1-3-2;/h2*3-14H,2H2,1H3;2*4-5,10H,1-3H3;1-2H3;/q2*-1;;;;+2/p-2. The topological polar surface area (TPSA) is 46.1 Å². The molecule has 0 amide bonds. The van der Waals surface area contributed by atoms with Gasteiger partial charge < -0.3 is 10.2 Å². The zero-order valence-corrected chi connectivity index (χ0v) is 43.9. The average Bonchev–Trinajstić information content (AvgIpc) is 3.95. The van der Waals surface area contributed by atoms with Crippen LogP contribution in [0.1, 0.15) is 58.4 Å². The van der Waals surface area contributed by atoms with Crippen LogP contribution >= 0.6 is 0 Å². The maximum atomic E-state index is 11.1. The van der Waals surface area contributed by atoms with Crippen molar-refractivity contribution >= 4 is 48.5 Å². The minimum Gasteiger partial charge on any atom is -0.872 e. The number of fused-ring (bicyclic) bond motifs is 4. The molecule has 0 saturated heterocycles. The predicted molar refractivity (Wildman–Crippen MR) is 281 cm³/mol. The average molecular weight is 958 g/mol. The van der Waals surface area contributed by atoms with Crippen molar-refractivity contribution in [2.75, 3.05) is 0 Å². The summed E-state index contributed by atoms with van der Waals surface area (Å²) in [5.41, 5.74) is 14.1. The van der Waals surface area contributed by atoms with Crippen molar-refractivity contribution in [2.45, 2.75) is 81.3 Å². The van der Waals surface area contributed by atoms with Gasteiger partial charge in [-0.2, -0.15) is 12.1 Å². The molecular weight excluding hydrogens is 896 g/mol. The summed E-state index contributed by atoms with van der Waals surface area (Å²) in [7, 11) is 0. The van der Waals surface area contributed by atoms with Gasteiger partial charge in [0.2, 0.25) is 0 Å². The normalized spacial score (nSPS) is 10.6. The van der Waals surface area contributed by atoms with Crippen LogP contribution in [-0.4, -0.2) is 5.43 Å². The fourth-order valence-corrected chi connectivity index (χ4v) is 8.73. The van der Waals surface area contributed by atoms with E-state index in [4.69, 9.17) is 0 Å². The summed E-state index contributed by atoms with van der Waals surface area (Å²) in [5.74, 6) is 0.344. The van der Waals surface area contributed by atoms with E-state index in [1.165, 1.54) is 76.5 Å². The van der Waals surface area contributed by atoms with E-state index in [1.807, 2.05) is 65.8 Å². The Hall–Kier alpha value is -5.80. The third kappa shape index (κ3) is 12.3. The van der Waals surface area contributed by atoms with E-state index < -0.39 is 0 Å². The molecule has 0 aliphatic rings. The number of rotatable bonds is 4. The second kappa shape index (κ2) is 23.1. The van der Waals surface area contributed by atoms with Crippen molar-refractivity contribution in [2.24, 2.45) is 0 Å². The Morgan fingerprint density at radius 3 is 1.03 bits per heavy atom. The van der Waals surface area contributed by atoms with Crippen LogP contribution < -0.4 is 10.2 Å². The van der Waals surface area contributed by atoms with Gasteiger partial charge in [-0.25, -0.2) is 0 Å². The molecule has 10 aromatic carbocycles. The Balaban J connectivity index is 0.000000149. The first-order valence-electron chi connectivity index (χ1n) is 23.0. The second-order valence-corrected chi connectivity index (χ2v) is 26.9. The van der Waals surface area contributed by atoms with Gasteiger partial charge in [-0.1, -0.05) is 180 Å². The van der Waals surface area contributed by atoms with Crippen molar-refractivity contribution in [3.8, 4) is 33.8 Å².